The van der Waals surface area contributed by atoms with Gasteiger partial charge in [-0.05, 0) is 53.9 Å². The summed E-state index contributed by atoms with van der Waals surface area (Å²) in [6, 6.07) is 13.7. The predicted octanol–water partition coefficient (Wildman–Crippen LogP) is 3.09. The molecule has 0 aromatic heterocycles. The number of rotatable bonds is 2. The lowest BCUT2D eigenvalue weighted by molar-refractivity contribution is 0.102. The third-order valence-corrected chi connectivity index (χ3v) is 5.14. The largest absolute Gasteiger partial charge is 0.322 e. The Kier molecular flexibility index (Phi) is 4.27. The van der Waals surface area contributed by atoms with Crippen LogP contribution in [0.4, 0.5) is 5.69 Å². The highest BCUT2D eigenvalue weighted by Gasteiger charge is 2.29. The molecule has 0 aliphatic carbocycles. The summed E-state index contributed by atoms with van der Waals surface area (Å²) in [6.45, 7) is 4.28. The number of halogens is 1. The van der Waals surface area contributed by atoms with E-state index in [9.17, 15) is 4.79 Å². The fourth-order valence-electron chi connectivity index (χ4n) is 3.61. The second kappa shape index (κ2) is 6.55. The fourth-order valence-corrected chi connectivity index (χ4v) is 3.74. The number of nitrogens with zero attached hydrogens (tertiary/aromatic N) is 1. The van der Waals surface area contributed by atoms with Crippen molar-refractivity contribution in [2.24, 2.45) is 0 Å². The first-order valence-electron chi connectivity index (χ1n) is 8.35. The summed E-state index contributed by atoms with van der Waals surface area (Å²) in [7, 11) is 0. The highest BCUT2D eigenvalue weighted by molar-refractivity contribution is 6.30. The van der Waals surface area contributed by atoms with E-state index in [1.807, 2.05) is 6.07 Å². The minimum Gasteiger partial charge on any atom is -0.322 e. The van der Waals surface area contributed by atoms with E-state index < -0.39 is 0 Å². The lowest BCUT2D eigenvalue weighted by atomic mass is 9.91. The Morgan fingerprint density at radius 3 is 2.83 bits per heavy atom. The van der Waals surface area contributed by atoms with Crippen molar-refractivity contribution in [3.05, 3.63) is 64.2 Å². The summed E-state index contributed by atoms with van der Waals surface area (Å²) >= 11 is 5.87. The minimum absolute atomic E-state index is 0.108. The number of fused-ring (bicyclic) bond motifs is 3. The van der Waals surface area contributed by atoms with E-state index in [2.05, 4.69) is 27.7 Å². The Morgan fingerprint density at radius 2 is 2.00 bits per heavy atom. The van der Waals surface area contributed by atoms with Crippen LogP contribution in [0.3, 0.4) is 0 Å². The molecule has 2 heterocycles. The van der Waals surface area contributed by atoms with E-state index in [0.29, 0.717) is 16.6 Å². The summed E-state index contributed by atoms with van der Waals surface area (Å²) in [6.07, 6.45) is 1.04. The molecule has 2 aliphatic rings. The number of carbonyl (C=O) groups excluding carboxylic acids is 1. The van der Waals surface area contributed by atoms with E-state index in [1.54, 1.807) is 24.3 Å². The van der Waals surface area contributed by atoms with Crippen molar-refractivity contribution < 1.29 is 4.79 Å². The van der Waals surface area contributed by atoms with E-state index in [-0.39, 0.29) is 5.91 Å². The maximum absolute atomic E-state index is 12.3. The summed E-state index contributed by atoms with van der Waals surface area (Å²) in [5, 5.41) is 7.09. The van der Waals surface area contributed by atoms with Crippen LogP contribution in [0.5, 0.6) is 0 Å². The molecule has 4 nitrogen and oxygen atoms in total. The first-order chi connectivity index (χ1) is 11.7. The SMILES string of the molecule is O=C(Nc1ccc2c(c1)CCN1CCNC[C@H]21)c1ccc(Cl)cc1. The zero-order valence-corrected chi connectivity index (χ0v) is 14.1. The van der Waals surface area contributed by atoms with Crippen LogP contribution >= 0.6 is 11.6 Å². The van der Waals surface area contributed by atoms with Crippen LogP contribution in [-0.4, -0.2) is 37.0 Å². The standard InChI is InChI=1S/C19H20ClN3O/c20-15-3-1-13(2-4-15)19(24)22-16-5-6-17-14(11-16)7-9-23-10-8-21-12-18(17)23/h1-6,11,18,21H,7-10,12H2,(H,22,24)/t18-/m1/s1. The molecule has 1 fully saturated rings. The normalized spacial score (nSPS) is 20.1. The number of carbonyl (C=O) groups is 1. The van der Waals surface area contributed by atoms with Gasteiger partial charge in [0.05, 0.1) is 0 Å². The van der Waals surface area contributed by atoms with Crippen LogP contribution in [0.15, 0.2) is 42.5 Å². The minimum atomic E-state index is -0.108. The molecular weight excluding hydrogens is 322 g/mol. The van der Waals surface area contributed by atoms with Crippen molar-refractivity contribution in [3.8, 4) is 0 Å². The van der Waals surface area contributed by atoms with Gasteiger partial charge in [-0.3, -0.25) is 9.69 Å². The first kappa shape index (κ1) is 15.6. The Balaban J connectivity index is 1.53. The van der Waals surface area contributed by atoms with Crippen LogP contribution in [0.2, 0.25) is 5.02 Å². The molecule has 0 radical (unpaired) electrons. The number of hydrogen-bond acceptors (Lipinski definition) is 3. The lowest BCUT2D eigenvalue weighted by Crippen LogP contribution is -2.48. The van der Waals surface area contributed by atoms with Crippen LogP contribution < -0.4 is 10.6 Å². The highest BCUT2D eigenvalue weighted by atomic mass is 35.5. The van der Waals surface area contributed by atoms with Crippen molar-refractivity contribution in [3.63, 3.8) is 0 Å². The monoisotopic (exact) mass is 341 g/mol. The van der Waals surface area contributed by atoms with Crippen LogP contribution in [0.1, 0.15) is 27.5 Å². The molecular formula is C19H20ClN3O. The van der Waals surface area contributed by atoms with Crippen molar-refractivity contribution in [2.45, 2.75) is 12.5 Å². The van der Waals surface area contributed by atoms with Gasteiger partial charge in [-0.25, -0.2) is 0 Å². The summed E-state index contributed by atoms with van der Waals surface area (Å²) in [4.78, 5) is 14.9. The van der Waals surface area contributed by atoms with Gasteiger partial charge in [-0.2, -0.15) is 0 Å². The van der Waals surface area contributed by atoms with Crippen molar-refractivity contribution in [1.82, 2.24) is 10.2 Å². The van der Waals surface area contributed by atoms with Crippen LogP contribution in [0.25, 0.3) is 0 Å². The van der Waals surface area contributed by atoms with E-state index in [1.165, 1.54) is 11.1 Å². The lowest BCUT2D eigenvalue weighted by Gasteiger charge is -2.41. The van der Waals surface area contributed by atoms with Gasteiger partial charge in [0.15, 0.2) is 0 Å². The number of benzene rings is 2. The highest BCUT2D eigenvalue weighted by Crippen LogP contribution is 2.32. The van der Waals surface area contributed by atoms with E-state index in [0.717, 1.165) is 38.3 Å². The molecule has 0 saturated carbocycles. The molecule has 2 N–H and O–H groups in total. The Morgan fingerprint density at radius 1 is 1.17 bits per heavy atom. The van der Waals surface area contributed by atoms with Crippen molar-refractivity contribution in [1.29, 1.82) is 0 Å². The van der Waals surface area contributed by atoms with Gasteiger partial charge in [0.25, 0.3) is 5.91 Å². The molecule has 1 saturated heterocycles. The predicted molar refractivity (Wildman–Crippen MR) is 96.7 cm³/mol. The average molecular weight is 342 g/mol. The van der Waals surface area contributed by atoms with Gasteiger partial charge in [0.1, 0.15) is 0 Å². The van der Waals surface area contributed by atoms with Crippen molar-refractivity contribution in [2.75, 3.05) is 31.5 Å². The van der Waals surface area contributed by atoms with Gasteiger partial charge in [0.2, 0.25) is 0 Å². The number of nitrogens with one attached hydrogen (secondary N) is 2. The molecule has 2 aromatic carbocycles. The molecule has 24 heavy (non-hydrogen) atoms. The molecule has 2 aromatic rings. The third kappa shape index (κ3) is 3.05. The smallest absolute Gasteiger partial charge is 0.255 e. The second-order valence-corrected chi connectivity index (χ2v) is 6.82. The average Bonchev–Trinajstić information content (AvgIpc) is 2.62. The zero-order chi connectivity index (χ0) is 16.5. The van der Waals surface area contributed by atoms with Crippen LogP contribution in [-0.2, 0) is 6.42 Å². The third-order valence-electron chi connectivity index (χ3n) is 4.89. The number of hydrogen-bond donors (Lipinski definition) is 2. The number of anilines is 1. The molecule has 0 unspecified atom stereocenters. The van der Waals surface area contributed by atoms with Gasteiger partial charge >= 0.3 is 0 Å². The Labute approximate surface area is 146 Å². The maximum Gasteiger partial charge on any atom is 0.255 e. The molecule has 124 valence electrons. The summed E-state index contributed by atoms with van der Waals surface area (Å²) < 4.78 is 0. The van der Waals surface area contributed by atoms with E-state index in [4.69, 9.17) is 11.6 Å². The fraction of sp³-hybridized carbons (Fsp3) is 0.316. The topological polar surface area (TPSA) is 44.4 Å². The first-order valence-corrected chi connectivity index (χ1v) is 8.73. The summed E-state index contributed by atoms with van der Waals surface area (Å²) in [5.74, 6) is -0.108. The number of amides is 1. The van der Waals surface area contributed by atoms with Gasteiger partial charge in [0, 0.05) is 48.5 Å². The van der Waals surface area contributed by atoms with Gasteiger partial charge < -0.3 is 10.6 Å². The molecule has 4 rings (SSSR count). The molecule has 1 atom stereocenters. The van der Waals surface area contributed by atoms with E-state index >= 15 is 0 Å². The quantitative estimate of drug-likeness (QED) is 0.882. The summed E-state index contributed by atoms with van der Waals surface area (Å²) in [5.41, 5.74) is 4.19. The maximum atomic E-state index is 12.3. The number of piperazine rings is 1. The molecule has 5 heteroatoms. The molecule has 0 bridgehead atoms. The Hall–Kier alpha value is -1.88. The van der Waals surface area contributed by atoms with Gasteiger partial charge in [-0.15, -0.1) is 0 Å². The van der Waals surface area contributed by atoms with Crippen LogP contribution in [0, 0.1) is 0 Å². The second-order valence-electron chi connectivity index (χ2n) is 6.38. The molecule has 2 aliphatic heterocycles. The molecule has 0 spiro atoms. The van der Waals surface area contributed by atoms with Crippen molar-refractivity contribution >= 4 is 23.2 Å². The Bertz CT molecular complexity index is 760. The van der Waals surface area contributed by atoms with Gasteiger partial charge in [-0.1, -0.05) is 17.7 Å². The zero-order valence-electron chi connectivity index (χ0n) is 13.4. The molecule has 1 amide bonds.